The van der Waals surface area contributed by atoms with E-state index in [1.165, 1.54) is 0 Å². The van der Waals surface area contributed by atoms with Gasteiger partial charge in [0.15, 0.2) is 0 Å². The summed E-state index contributed by atoms with van der Waals surface area (Å²) in [7, 11) is 2.10. The molecular formula is C18H30N4O2S. The molecular weight excluding hydrogens is 336 g/mol. The Morgan fingerprint density at radius 2 is 2.12 bits per heavy atom. The molecule has 2 heterocycles. The highest BCUT2D eigenvalue weighted by molar-refractivity contribution is 7.98. The van der Waals surface area contributed by atoms with Crippen molar-refractivity contribution in [3.05, 3.63) is 18.1 Å². The number of aromatic nitrogens is 2. The van der Waals surface area contributed by atoms with E-state index in [-0.39, 0.29) is 6.09 Å². The van der Waals surface area contributed by atoms with E-state index in [1.807, 2.05) is 31.9 Å². The molecule has 1 amide bonds. The Bertz CT molecular complexity index is 576. The van der Waals surface area contributed by atoms with Crippen LogP contribution in [0.2, 0.25) is 0 Å². The lowest BCUT2D eigenvalue weighted by Gasteiger charge is -2.35. The Morgan fingerprint density at radius 1 is 1.40 bits per heavy atom. The molecule has 0 aliphatic carbocycles. The van der Waals surface area contributed by atoms with Gasteiger partial charge in [-0.25, -0.2) is 9.78 Å². The fraction of sp³-hybridized carbons (Fsp3) is 0.722. The molecule has 1 aromatic rings. The van der Waals surface area contributed by atoms with Crippen LogP contribution in [-0.2, 0) is 11.3 Å². The Hall–Kier alpha value is -1.34. The summed E-state index contributed by atoms with van der Waals surface area (Å²) in [5.74, 6) is 0.459. The normalized spacial score (nSPS) is 18.5. The molecule has 0 spiro atoms. The summed E-state index contributed by atoms with van der Waals surface area (Å²) in [4.78, 5) is 25.2. The standard InChI is InChI=1S/C18H30N4O2S/c1-18(2,3)24-17(23)22-10-6-7-14(12-22)11-21(4)13-15-16(25-5)20-9-8-19-15/h8-9,14H,6-7,10-13H2,1-5H3/t14-/m0/s1. The van der Waals surface area contributed by atoms with Crippen molar-refractivity contribution < 1.29 is 9.53 Å². The van der Waals surface area contributed by atoms with Crippen LogP contribution in [0.4, 0.5) is 4.79 Å². The van der Waals surface area contributed by atoms with Gasteiger partial charge in [-0.15, -0.1) is 11.8 Å². The van der Waals surface area contributed by atoms with Crippen LogP contribution < -0.4 is 0 Å². The third-order valence-corrected chi connectivity index (χ3v) is 4.82. The molecule has 2 rings (SSSR count). The molecule has 0 aromatic carbocycles. The molecule has 0 saturated carbocycles. The lowest BCUT2D eigenvalue weighted by Crippen LogP contribution is -2.45. The monoisotopic (exact) mass is 366 g/mol. The zero-order valence-corrected chi connectivity index (χ0v) is 16.8. The first-order valence-electron chi connectivity index (χ1n) is 8.79. The van der Waals surface area contributed by atoms with Gasteiger partial charge in [0.25, 0.3) is 0 Å². The average Bonchev–Trinajstić information content (AvgIpc) is 2.54. The number of hydrogen-bond donors (Lipinski definition) is 0. The minimum atomic E-state index is -0.443. The first kappa shape index (κ1) is 20.0. The highest BCUT2D eigenvalue weighted by Gasteiger charge is 2.28. The summed E-state index contributed by atoms with van der Waals surface area (Å²) in [6.45, 7) is 8.97. The van der Waals surface area contributed by atoms with Gasteiger partial charge in [-0.05, 0) is 52.8 Å². The van der Waals surface area contributed by atoms with Crippen LogP contribution >= 0.6 is 11.8 Å². The first-order valence-corrected chi connectivity index (χ1v) is 10.0. The Labute approximate surface area is 155 Å². The summed E-state index contributed by atoms with van der Waals surface area (Å²) in [5.41, 5.74) is 0.568. The van der Waals surface area contributed by atoms with Crippen molar-refractivity contribution in [2.45, 2.75) is 50.8 Å². The van der Waals surface area contributed by atoms with E-state index in [1.54, 1.807) is 24.2 Å². The topological polar surface area (TPSA) is 58.6 Å². The Balaban J connectivity index is 1.88. The number of likely N-dealkylation sites (tertiary alicyclic amines) is 1. The van der Waals surface area contributed by atoms with Crippen molar-refractivity contribution >= 4 is 17.9 Å². The van der Waals surface area contributed by atoms with Crippen molar-refractivity contribution in [2.24, 2.45) is 5.92 Å². The second kappa shape index (κ2) is 8.85. The molecule has 1 fully saturated rings. The van der Waals surface area contributed by atoms with Crippen molar-refractivity contribution in [3.8, 4) is 0 Å². The van der Waals surface area contributed by atoms with Gasteiger partial charge in [-0.3, -0.25) is 4.98 Å². The number of carbonyl (C=O) groups excluding carboxylic acids is 1. The molecule has 1 aliphatic rings. The van der Waals surface area contributed by atoms with Gasteiger partial charge >= 0.3 is 6.09 Å². The van der Waals surface area contributed by atoms with E-state index in [4.69, 9.17) is 4.74 Å². The third-order valence-electron chi connectivity index (χ3n) is 4.09. The number of carbonyl (C=O) groups is 1. The fourth-order valence-electron chi connectivity index (χ4n) is 3.10. The van der Waals surface area contributed by atoms with Crippen molar-refractivity contribution in [1.82, 2.24) is 19.8 Å². The lowest BCUT2D eigenvalue weighted by atomic mass is 9.98. The van der Waals surface area contributed by atoms with Crippen LogP contribution in [0.3, 0.4) is 0 Å². The molecule has 1 atom stereocenters. The highest BCUT2D eigenvalue weighted by atomic mass is 32.2. The van der Waals surface area contributed by atoms with Crippen molar-refractivity contribution in [1.29, 1.82) is 0 Å². The summed E-state index contributed by atoms with van der Waals surface area (Å²) in [6, 6.07) is 0. The zero-order valence-electron chi connectivity index (χ0n) is 16.0. The molecule has 1 aromatic heterocycles. The van der Waals surface area contributed by atoms with Crippen LogP contribution in [0.25, 0.3) is 0 Å². The van der Waals surface area contributed by atoms with Crippen LogP contribution in [-0.4, -0.2) is 64.4 Å². The summed E-state index contributed by atoms with van der Waals surface area (Å²) < 4.78 is 5.51. The van der Waals surface area contributed by atoms with Crippen LogP contribution in [0.5, 0.6) is 0 Å². The summed E-state index contributed by atoms with van der Waals surface area (Å²) in [6.07, 6.45) is 7.47. The Morgan fingerprint density at radius 3 is 2.80 bits per heavy atom. The van der Waals surface area contributed by atoms with Gasteiger partial charge in [-0.1, -0.05) is 0 Å². The minimum absolute atomic E-state index is 0.196. The molecule has 0 bridgehead atoms. The van der Waals surface area contributed by atoms with E-state index < -0.39 is 5.60 Å². The second-order valence-corrected chi connectivity index (χ2v) is 8.44. The van der Waals surface area contributed by atoms with E-state index >= 15 is 0 Å². The maximum Gasteiger partial charge on any atom is 0.410 e. The van der Waals surface area contributed by atoms with Gasteiger partial charge in [0, 0.05) is 38.6 Å². The summed E-state index contributed by atoms with van der Waals surface area (Å²) in [5, 5.41) is 0.980. The van der Waals surface area contributed by atoms with Crippen molar-refractivity contribution in [2.75, 3.05) is 32.9 Å². The molecule has 25 heavy (non-hydrogen) atoms. The van der Waals surface area contributed by atoms with E-state index in [0.29, 0.717) is 5.92 Å². The molecule has 6 nitrogen and oxygen atoms in total. The maximum absolute atomic E-state index is 12.3. The highest BCUT2D eigenvalue weighted by Crippen LogP contribution is 2.21. The molecule has 0 N–H and O–H groups in total. The van der Waals surface area contributed by atoms with Gasteiger partial charge < -0.3 is 14.5 Å². The van der Waals surface area contributed by atoms with Crippen LogP contribution in [0.15, 0.2) is 17.4 Å². The second-order valence-electron chi connectivity index (χ2n) is 7.64. The van der Waals surface area contributed by atoms with Crippen molar-refractivity contribution in [3.63, 3.8) is 0 Å². The molecule has 1 saturated heterocycles. The minimum Gasteiger partial charge on any atom is -0.444 e. The molecule has 0 radical (unpaired) electrons. The predicted molar refractivity (Wildman–Crippen MR) is 101 cm³/mol. The number of nitrogens with zero attached hydrogens (tertiary/aromatic N) is 4. The largest absolute Gasteiger partial charge is 0.444 e. The van der Waals surface area contributed by atoms with E-state index in [2.05, 4.69) is 21.9 Å². The number of piperidine rings is 1. The van der Waals surface area contributed by atoms with Gasteiger partial charge in [0.1, 0.15) is 10.6 Å². The number of hydrogen-bond acceptors (Lipinski definition) is 6. The summed E-state index contributed by atoms with van der Waals surface area (Å²) >= 11 is 1.62. The van der Waals surface area contributed by atoms with E-state index in [0.717, 1.165) is 49.7 Å². The zero-order chi connectivity index (χ0) is 18.4. The average molecular weight is 367 g/mol. The van der Waals surface area contributed by atoms with Crippen LogP contribution in [0.1, 0.15) is 39.3 Å². The predicted octanol–water partition coefficient (Wildman–Crippen LogP) is 3.28. The molecule has 0 unspecified atom stereocenters. The quantitative estimate of drug-likeness (QED) is 0.746. The van der Waals surface area contributed by atoms with Gasteiger partial charge in [0.2, 0.25) is 0 Å². The van der Waals surface area contributed by atoms with Crippen LogP contribution in [0, 0.1) is 5.92 Å². The van der Waals surface area contributed by atoms with Gasteiger partial charge in [-0.2, -0.15) is 0 Å². The third kappa shape index (κ3) is 6.47. The molecule has 1 aliphatic heterocycles. The Kier molecular flexibility index (Phi) is 7.07. The number of ether oxygens (including phenoxy) is 1. The molecule has 7 heteroatoms. The number of thioether (sulfide) groups is 1. The maximum atomic E-state index is 12.3. The SMILES string of the molecule is CSc1nccnc1CN(C)C[C@@H]1CCCN(C(=O)OC(C)(C)C)C1. The molecule has 140 valence electrons. The lowest BCUT2D eigenvalue weighted by molar-refractivity contribution is 0.0147. The van der Waals surface area contributed by atoms with Gasteiger partial charge in [0.05, 0.1) is 5.69 Å². The number of rotatable bonds is 5. The first-order chi connectivity index (χ1) is 11.8. The fourth-order valence-corrected chi connectivity index (χ4v) is 3.62. The van der Waals surface area contributed by atoms with E-state index in [9.17, 15) is 4.79 Å². The smallest absolute Gasteiger partial charge is 0.410 e. The number of amides is 1.